The largest absolute Gasteiger partial charge is 0.348 e. The second kappa shape index (κ2) is 1.47. The van der Waals surface area contributed by atoms with E-state index in [1.807, 2.05) is 12.1 Å². The van der Waals surface area contributed by atoms with Crippen LogP contribution in [-0.2, 0) is 0 Å². The molecule has 6 heavy (non-hydrogen) atoms. The van der Waals surface area contributed by atoms with E-state index in [-0.39, 0.29) is 0 Å². The molecule has 1 nitrogen and oxygen atoms in total. The van der Waals surface area contributed by atoms with Crippen molar-refractivity contribution < 1.29 is 0 Å². The van der Waals surface area contributed by atoms with Crippen molar-refractivity contribution in [2.75, 3.05) is 0 Å². The first-order chi connectivity index (χ1) is 2.89. The lowest BCUT2D eigenvalue weighted by Crippen LogP contribution is -1.51. The monoisotopic (exact) mass is 144 g/mol. The molecule has 1 aromatic rings. The van der Waals surface area contributed by atoms with Crippen molar-refractivity contribution in [2.45, 2.75) is 0 Å². The molecule has 0 spiro atoms. The van der Waals surface area contributed by atoms with Gasteiger partial charge in [-0.25, -0.2) is 0 Å². The van der Waals surface area contributed by atoms with Crippen molar-refractivity contribution in [1.82, 2.24) is 4.98 Å². The van der Waals surface area contributed by atoms with Crippen molar-refractivity contribution >= 4 is 15.9 Å². The maximum atomic E-state index is 3.19. The van der Waals surface area contributed by atoms with E-state index in [9.17, 15) is 0 Å². The highest BCUT2D eigenvalue weighted by Crippen LogP contribution is 2.00. The molecule has 0 aliphatic carbocycles. The molecule has 1 heterocycles. The van der Waals surface area contributed by atoms with Crippen LogP contribution < -0.4 is 0 Å². The number of hydrogen-bond donors (Lipinski definition) is 1. The van der Waals surface area contributed by atoms with Gasteiger partial charge in [-0.1, -0.05) is 0 Å². The van der Waals surface area contributed by atoms with Gasteiger partial charge in [0.15, 0.2) is 0 Å². The van der Waals surface area contributed by atoms with Gasteiger partial charge in [0.25, 0.3) is 0 Å². The minimum atomic E-state index is 0.975. The van der Waals surface area contributed by atoms with Crippen molar-refractivity contribution in [3.63, 3.8) is 0 Å². The van der Waals surface area contributed by atoms with Gasteiger partial charge in [-0.05, 0) is 28.1 Å². The van der Waals surface area contributed by atoms with Crippen LogP contribution in [0.2, 0.25) is 0 Å². The average Bonchev–Trinajstić information content (AvgIpc) is 1.86. The third-order valence-corrected chi connectivity index (χ3v) is 0.967. The van der Waals surface area contributed by atoms with E-state index in [0.717, 1.165) is 4.60 Å². The number of nitrogens with one attached hydrogen (secondary N) is 1. The SMILES string of the molecule is Brc1cc[c][nH]1. The van der Waals surface area contributed by atoms with Crippen LogP contribution in [0.1, 0.15) is 0 Å². The number of hydrogen-bond acceptors (Lipinski definition) is 0. The maximum Gasteiger partial charge on any atom is 0.0825 e. The third-order valence-electron chi connectivity index (χ3n) is 0.505. The smallest absolute Gasteiger partial charge is 0.0825 e. The van der Waals surface area contributed by atoms with Crippen LogP contribution in [0.4, 0.5) is 0 Å². The van der Waals surface area contributed by atoms with Crippen molar-refractivity contribution in [2.24, 2.45) is 0 Å². The topological polar surface area (TPSA) is 15.8 Å². The molecule has 0 saturated carbocycles. The molecule has 1 aromatic heterocycles. The highest BCUT2D eigenvalue weighted by atomic mass is 79.9. The molecule has 2 heteroatoms. The van der Waals surface area contributed by atoms with Crippen molar-refractivity contribution in [1.29, 1.82) is 0 Å². The summed E-state index contributed by atoms with van der Waals surface area (Å²) in [6.45, 7) is 0. The molecule has 0 unspecified atom stereocenters. The number of aromatic amines is 1. The van der Waals surface area contributed by atoms with E-state index in [4.69, 9.17) is 0 Å². The molecule has 31 valence electrons. The van der Waals surface area contributed by atoms with Gasteiger partial charge < -0.3 is 4.98 Å². The first-order valence-electron chi connectivity index (χ1n) is 1.60. The summed E-state index contributed by atoms with van der Waals surface area (Å²) in [5, 5.41) is 0. The summed E-state index contributed by atoms with van der Waals surface area (Å²) < 4.78 is 0.975. The zero-order valence-electron chi connectivity index (χ0n) is 3.03. The molecule has 1 rings (SSSR count). The van der Waals surface area contributed by atoms with Crippen molar-refractivity contribution in [3.05, 3.63) is 22.9 Å². The summed E-state index contributed by atoms with van der Waals surface area (Å²) in [6.07, 6.45) is 2.76. The normalized spacial score (nSPS) is 8.83. The van der Waals surface area contributed by atoms with Crippen LogP contribution in [0.25, 0.3) is 0 Å². The zero-order valence-corrected chi connectivity index (χ0v) is 4.62. The van der Waals surface area contributed by atoms with Crippen molar-refractivity contribution in [3.8, 4) is 0 Å². The Hall–Kier alpha value is -0.240. The van der Waals surface area contributed by atoms with Crippen LogP contribution in [-0.4, -0.2) is 4.98 Å². The van der Waals surface area contributed by atoms with Crippen LogP contribution in [0.3, 0.4) is 0 Å². The summed E-state index contributed by atoms with van der Waals surface area (Å²) in [4.78, 5) is 2.79. The molecule has 0 aliphatic heterocycles. The van der Waals surface area contributed by atoms with Crippen LogP contribution in [0.15, 0.2) is 16.7 Å². The highest BCUT2D eigenvalue weighted by molar-refractivity contribution is 9.10. The lowest BCUT2D eigenvalue weighted by molar-refractivity contribution is 1.35. The van der Waals surface area contributed by atoms with Crippen LogP contribution in [0.5, 0.6) is 0 Å². The fraction of sp³-hybridized carbons (Fsp3) is 0. The second-order valence-corrected chi connectivity index (χ2v) is 1.80. The molecule has 1 N–H and O–H groups in total. The lowest BCUT2D eigenvalue weighted by atomic mass is 10.7. The number of rotatable bonds is 0. The van der Waals surface area contributed by atoms with E-state index in [0.29, 0.717) is 0 Å². The average molecular weight is 145 g/mol. The highest BCUT2D eigenvalue weighted by Gasteiger charge is 1.75. The van der Waals surface area contributed by atoms with E-state index >= 15 is 0 Å². The Labute approximate surface area is 44.5 Å². The number of H-pyrrole nitrogens is 1. The Bertz CT molecular complexity index is 111. The summed E-state index contributed by atoms with van der Waals surface area (Å²) in [5.41, 5.74) is 0. The minimum absolute atomic E-state index is 0.975. The molecule has 1 radical (unpaired) electrons. The van der Waals surface area contributed by atoms with Gasteiger partial charge in [0.1, 0.15) is 0 Å². The molecule has 0 aliphatic rings. The van der Waals surface area contributed by atoms with Crippen LogP contribution in [0, 0.1) is 6.20 Å². The Morgan fingerprint density at radius 1 is 1.83 bits per heavy atom. The summed E-state index contributed by atoms with van der Waals surface area (Å²) in [6, 6.07) is 3.70. The quantitative estimate of drug-likeness (QED) is 0.570. The third kappa shape index (κ3) is 0.627. The van der Waals surface area contributed by atoms with E-state index < -0.39 is 0 Å². The van der Waals surface area contributed by atoms with Gasteiger partial charge >= 0.3 is 0 Å². The molecule has 0 bridgehead atoms. The number of halogens is 1. The van der Waals surface area contributed by atoms with Crippen LogP contribution >= 0.6 is 15.9 Å². The van der Waals surface area contributed by atoms with Gasteiger partial charge in [-0.2, -0.15) is 0 Å². The Balaban J connectivity index is 3.05. The second-order valence-electron chi connectivity index (χ2n) is 0.951. The minimum Gasteiger partial charge on any atom is -0.348 e. The predicted octanol–water partition coefficient (Wildman–Crippen LogP) is 1.58. The Morgan fingerprint density at radius 3 is 2.83 bits per heavy atom. The molecule has 0 fully saturated rings. The van der Waals surface area contributed by atoms with E-state index in [2.05, 4.69) is 27.1 Å². The predicted molar refractivity (Wildman–Crippen MR) is 27.3 cm³/mol. The maximum absolute atomic E-state index is 3.19. The van der Waals surface area contributed by atoms with Gasteiger partial charge in [0.05, 0.1) is 10.8 Å². The fourth-order valence-electron chi connectivity index (χ4n) is 0.267. The first kappa shape index (κ1) is 3.93. The van der Waals surface area contributed by atoms with Gasteiger partial charge in [-0.15, -0.1) is 0 Å². The zero-order chi connectivity index (χ0) is 4.41. The number of aromatic nitrogens is 1. The van der Waals surface area contributed by atoms with Gasteiger partial charge in [-0.3, -0.25) is 0 Å². The van der Waals surface area contributed by atoms with Gasteiger partial charge in [0.2, 0.25) is 0 Å². The van der Waals surface area contributed by atoms with E-state index in [1.165, 1.54) is 0 Å². The standard InChI is InChI=1S/C4H3BrN/c5-4-2-1-3-6-4/h1-2,6H. The van der Waals surface area contributed by atoms with Gasteiger partial charge in [0, 0.05) is 0 Å². The molecule has 0 saturated heterocycles. The molecule has 0 atom stereocenters. The molecular formula is C4H3BrN. The molecule has 0 aromatic carbocycles. The summed E-state index contributed by atoms with van der Waals surface area (Å²) in [5.74, 6) is 0. The lowest BCUT2D eigenvalue weighted by Gasteiger charge is -1.66. The van der Waals surface area contributed by atoms with E-state index in [1.54, 1.807) is 0 Å². The Morgan fingerprint density at radius 2 is 2.67 bits per heavy atom. The summed E-state index contributed by atoms with van der Waals surface area (Å²) in [7, 11) is 0. The molecule has 0 amide bonds. The molecular weight excluding hydrogens is 142 g/mol. The fourth-order valence-corrected chi connectivity index (χ4v) is 0.514. The Kier molecular flexibility index (Phi) is 0.965. The first-order valence-corrected chi connectivity index (χ1v) is 2.39. The summed E-state index contributed by atoms with van der Waals surface area (Å²) >= 11 is 3.19.